The smallest absolute Gasteiger partial charge is 0.258 e. The van der Waals surface area contributed by atoms with Crippen LogP contribution in [0.3, 0.4) is 0 Å². The van der Waals surface area contributed by atoms with Crippen LogP contribution in [0.2, 0.25) is 5.02 Å². The van der Waals surface area contributed by atoms with Crippen LogP contribution in [-0.2, 0) is 10.5 Å². The van der Waals surface area contributed by atoms with Gasteiger partial charge in [-0.25, -0.2) is 9.89 Å². The molecule has 4 nitrogen and oxygen atoms in total. The normalized spacial score (nSPS) is 18.8. The van der Waals surface area contributed by atoms with Crippen LogP contribution in [-0.4, -0.2) is 27.9 Å². The lowest BCUT2D eigenvalue weighted by Crippen LogP contribution is -2.40. The lowest BCUT2D eigenvalue weighted by Gasteiger charge is -2.25. The molecule has 2 aromatic rings. The standard InChI is InChI=1S/C18H14ClN3OS/c1-11-17(23)22-16(20-11)14-4-2-3-5-15(14)21-18(22)24-10-12-6-8-13(19)9-7-12/h2-9,11H,10H2,1H3. The van der Waals surface area contributed by atoms with E-state index < -0.39 is 0 Å². The Labute approximate surface area is 149 Å². The van der Waals surface area contributed by atoms with Gasteiger partial charge in [0.15, 0.2) is 5.17 Å². The molecule has 24 heavy (non-hydrogen) atoms. The number of hydrogen-bond donors (Lipinski definition) is 0. The first-order chi connectivity index (χ1) is 11.6. The van der Waals surface area contributed by atoms with Crippen LogP contribution in [0, 0.1) is 0 Å². The molecule has 0 fully saturated rings. The van der Waals surface area contributed by atoms with Gasteiger partial charge in [-0.3, -0.25) is 9.79 Å². The molecule has 0 saturated heterocycles. The summed E-state index contributed by atoms with van der Waals surface area (Å²) in [6.45, 7) is 1.82. The third kappa shape index (κ3) is 2.64. The number of nitrogens with zero attached hydrogens (tertiary/aromatic N) is 3. The average molecular weight is 356 g/mol. The molecule has 4 rings (SSSR count). The lowest BCUT2D eigenvalue weighted by atomic mass is 10.1. The SMILES string of the molecule is CC1N=C2c3ccccc3N=C(SCc3ccc(Cl)cc3)N2C1=O. The quantitative estimate of drug-likeness (QED) is 0.808. The van der Waals surface area contributed by atoms with E-state index in [-0.39, 0.29) is 11.9 Å². The van der Waals surface area contributed by atoms with Crippen molar-refractivity contribution in [3.63, 3.8) is 0 Å². The van der Waals surface area contributed by atoms with Crippen LogP contribution < -0.4 is 0 Å². The zero-order valence-electron chi connectivity index (χ0n) is 12.9. The molecule has 1 atom stereocenters. The van der Waals surface area contributed by atoms with E-state index in [1.165, 1.54) is 11.8 Å². The Morgan fingerprint density at radius 3 is 2.71 bits per heavy atom. The Kier molecular flexibility index (Phi) is 3.90. The number of thioether (sulfide) groups is 1. The molecule has 2 aromatic carbocycles. The highest BCUT2D eigenvalue weighted by atomic mass is 35.5. The van der Waals surface area contributed by atoms with Crippen molar-refractivity contribution in [3.8, 4) is 0 Å². The Bertz CT molecular complexity index is 876. The molecule has 0 radical (unpaired) electrons. The largest absolute Gasteiger partial charge is 0.272 e. The van der Waals surface area contributed by atoms with E-state index >= 15 is 0 Å². The van der Waals surface area contributed by atoms with Gasteiger partial charge in [0.05, 0.1) is 5.69 Å². The van der Waals surface area contributed by atoms with Gasteiger partial charge in [0, 0.05) is 16.3 Å². The Balaban J connectivity index is 1.67. The van der Waals surface area contributed by atoms with Crippen molar-refractivity contribution in [2.24, 2.45) is 9.98 Å². The maximum atomic E-state index is 12.5. The number of amides is 1. The number of aliphatic imine (C=N–C) groups is 2. The van der Waals surface area contributed by atoms with Crippen molar-refractivity contribution in [1.29, 1.82) is 0 Å². The molecule has 0 saturated carbocycles. The fraction of sp³-hybridized carbons (Fsp3) is 0.167. The summed E-state index contributed by atoms with van der Waals surface area (Å²) in [5, 5.41) is 1.39. The lowest BCUT2D eigenvalue weighted by molar-refractivity contribution is -0.124. The number of amidine groups is 2. The third-order valence-corrected chi connectivity index (χ3v) is 5.20. The Hall–Kier alpha value is -2.11. The minimum absolute atomic E-state index is 0.0261. The second-order valence-electron chi connectivity index (χ2n) is 5.63. The minimum atomic E-state index is -0.368. The number of carbonyl (C=O) groups is 1. The highest BCUT2D eigenvalue weighted by Gasteiger charge is 2.39. The molecule has 0 aromatic heterocycles. The average Bonchev–Trinajstić information content (AvgIpc) is 2.90. The minimum Gasteiger partial charge on any atom is -0.272 e. The summed E-state index contributed by atoms with van der Waals surface area (Å²) in [4.78, 5) is 23.4. The number of para-hydroxylation sites is 1. The predicted molar refractivity (Wildman–Crippen MR) is 99.1 cm³/mol. The molecule has 0 bridgehead atoms. The van der Waals surface area contributed by atoms with Crippen LogP contribution in [0.4, 0.5) is 5.69 Å². The molecule has 2 aliphatic heterocycles. The monoisotopic (exact) mass is 355 g/mol. The van der Waals surface area contributed by atoms with Crippen molar-refractivity contribution in [2.75, 3.05) is 0 Å². The molecular formula is C18H14ClN3OS. The summed E-state index contributed by atoms with van der Waals surface area (Å²) in [7, 11) is 0. The van der Waals surface area contributed by atoms with Crippen LogP contribution >= 0.6 is 23.4 Å². The van der Waals surface area contributed by atoms with Crippen LogP contribution in [0.1, 0.15) is 18.1 Å². The van der Waals surface area contributed by atoms with Crippen LogP contribution in [0.15, 0.2) is 58.5 Å². The Morgan fingerprint density at radius 2 is 1.92 bits per heavy atom. The van der Waals surface area contributed by atoms with Gasteiger partial charge in [0.2, 0.25) is 0 Å². The summed E-state index contributed by atoms with van der Waals surface area (Å²) >= 11 is 7.46. The van der Waals surface area contributed by atoms with Crippen LogP contribution in [0.5, 0.6) is 0 Å². The molecular weight excluding hydrogens is 342 g/mol. The zero-order chi connectivity index (χ0) is 16.7. The number of carbonyl (C=O) groups excluding carboxylic acids is 1. The van der Waals surface area contributed by atoms with Gasteiger partial charge in [-0.1, -0.05) is 47.6 Å². The fourth-order valence-corrected chi connectivity index (χ4v) is 3.78. The molecule has 2 aliphatic rings. The molecule has 1 unspecified atom stereocenters. The summed E-state index contributed by atoms with van der Waals surface area (Å²) in [6, 6.07) is 15.1. The van der Waals surface area contributed by atoms with Gasteiger partial charge < -0.3 is 0 Å². The van der Waals surface area contributed by atoms with E-state index in [9.17, 15) is 4.79 Å². The fourth-order valence-electron chi connectivity index (χ4n) is 2.70. The summed E-state index contributed by atoms with van der Waals surface area (Å²) in [6.07, 6.45) is 0. The molecule has 6 heteroatoms. The second-order valence-corrected chi connectivity index (χ2v) is 7.01. The maximum absolute atomic E-state index is 12.5. The first-order valence-corrected chi connectivity index (χ1v) is 8.97. The predicted octanol–water partition coefficient (Wildman–Crippen LogP) is 4.25. The number of benzene rings is 2. The van der Waals surface area contributed by atoms with Crippen molar-refractivity contribution in [1.82, 2.24) is 4.90 Å². The van der Waals surface area contributed by atoms with E-state index in [1.54, 1.807) is 4.90 Å². The van der Waals surface area contributed by atoms with Crippen molar-refractivity contribution >= 4 is 46.0 Å². The van der Waals surface area contributed by atoms with E-state index in [0.717, 1.165) is 16.8 Å². The maximum Gasteiger partial charge on any atom is 0.258 e. The third-order valence-electron chi connectivity index (χ3n) is 3.94. The summed E-state index contributed by atoms with van der Waals surface area (Å²) in [5.41, 5.74) is 2.89. The molecule has 0 spiro atoms. The van der Waals surface area contributed by atoms with Crippen LogP contribution in [0.25, 0.3) is 0 Å². The van der Waals surface area contributed by atoms with Gasteiger partial charge in [-0.05, 0) is 36.8 Å². The molecule has 2 heterocycles. The van der Waals surface area contributed by atoms with Gasteiger partial charge in [-0.2, -0.15) is 0 Å². The highest BCUT2D eigenvalue weighted by molar-refractivity contribution is 8.13. The number of rotatable bonds is 2. The van der Waals surface area contributed by atoms with Gasteiger partial charge in [-0.15, -0.1) is 0 Å². The highest BCUT2D eigenvalue weighted by Crippen LogP contribution is 2.34. The molecule has 0 N–H and O–H groups in total. The molecule has 0 aliphatic carbocycles. The van der Waals surface area contributed by atoms with E-state index in [4.69, 9.17) is 11.6 Å². The number of hydrogen-bond acceptors (Lipinski definition) is 4. The first kappa shape index (κ1) is 15.4. The first-order valence-electron chi connectivity index (χ1n) is 7.60. The molecule has 120 valence electrons. The van der Waals surface area contributed by atoms with E-state index in [2.05, 4.69) is 9.98 Å². The Morgan fingerprint density at radius 1 is 1.17 bits per heavy atom. The summed E-state index contributed by atoms with van der Waals surface area (Å²) in [5.74, 6) is 1.39. The van der Waals surface area contributed by atoms with Gasteiger partial charge >= 0.3 is 0 Å². The number of halogens is 1. The van der Waals surface area contributed by atoms with Crippen molar-refractivity contribution < 1.29 is 4.79 Å². The van der Waals surface area contributed by atoms with Gasteiger partial charge in [0.1, 0.15) is 11.9 Å². The van der Waals surface area contributed by atoms with Gasteiger partial charge in [0.25, 0.3) is 5.91 Å². The van der Waals surface area contributed by atoms with E-state index in [0.29, 0.717) is 21.8 Å². The topological polar surface area (TPSA) is 45.0 Å². The summed E-state index contributed by atoms with van der Waals surface area (Å²) < 4.78 is 0. The van der Waals surface area contributed by atoms with Crippen molar-refractivity contribution in [3.05, 3.63) is 64.7 Å². The van der Waals surface area contributed by atoms with Crippen molar-refractivity contribution in [2.45, 2.75) is 18.7 Å². The van der Waals surface area contributed by atoms with E-state index in [1.807, 2.05) is 55.5 Å². The second kappa shape index (κ2) is 6.07. The number of fused-ring (bicyclic) bond motifs is 3. The molecule has 1 amide bonds. The zero-order valence-corrected chi connectivity index (χ0v) is 14.5.